The van der Waals surface area contributed by atoms with Gasteiger partial charge in [-0.1, -0.05) is 6.07 Å². The second kappa shape index (κ2) is 7.02. The van der Waals surface area contributed by atoms with Gasteiger partial charge in [-0.05, 0) is 18.2 Å². The van der Waals surface area contributed by atoms with Crippen LogP contribution >= 0.6 is 0 Å². The van der Waals surface area contributed by atoms with Crippen molar-refractivity contribution in [2.45, 2.75) is 6.36 Å². The van der Waals surface area contributed by atoms with Crippen molar-refractivity contribution in [1.29, 1.82) is 0 Å². The first kappa shape index (κ1) is 17.3. The lowest BCUT2D eigenvalue weighted by atomic mass is 10.2. The van der Waals surface area contributed by atoms with E-state index in [9.17, 15) is 18.0 Å². The van der Waals surface area contributed by atoms with E-state index in [0.717, 1.165) is 12.1 Å². The monoisotopic (exact) mass is 343 g/mol. The number of benzene rings is 1. The van der Waals surface area contributed by atoms with Gasteiger partial charge in [-0.3, -0.25) is 4.79 Å². The molecule has 1 heterocycles. The fraction of sp³-hybridized carbons (Fsp3) is 0.214. The van der Waals surface area contributed by atoms with Crippen molar-refractivity contribution in [3.05, 3.63) is 36.0 Å². The number of carbonyl (C=O) groups excluding carboxylic acids is 1. The van der Waals surface area contributed by atoms with E-state index in [0.29, 0.717) is 0 Å². The van der Waals surface area contributed by atoms with E-state index in [-0.39, 0.29) is 23.1 Å². The first-order chi connectivity index (χ1) is 11.3. The van der Waals surface area contributed by atoms with E-state index in [1.165, 1.54) is 32.5 Å². The van der Waals surface area contributed by atoms with Gasteiger partial charge in [-0.15, -0.1) is 13.2 Å². The fourth-order valence-corrected chi connectivity index (χ4v) is 1.72. The number of anilines is 1. The summed E-state index contributed by atoms with van der Waals surface area (Å²) in [6, 6.07) is 4.67. The number of rotatable bonds is 5. The molecule has 24 heavy (non-hydrogen) atoms. The molecule has 0 spiro atoms. The molecule has 0 aliphatic rings. The first-order valence-electron chi connectivity index (χ1n) is 6.44. The number of amides is 1. The van der Waals surface area contributed by atoms with E-state index in [1.54, 1.807) is 0 Å². The maximum Gasteiger partial charge on any atom is 0.573 e. The van der Waals surface area contributed by atoms with Crippen LogP contribution in [0.15, 0.2) is 30.5 Å². The second-order valence-electron chi connectivity index (χ2n) is 4.31. The maximum absolute atomic E-state index is 12.2. The minimum absolute atomic E-state index is 0.0328. The average molecular weight is 343 g/mol. The number of aromatic nitrogens is 2. The number of hydrogen-bond donors (Lipinski definition) is 1. The molecule has 0 aliphatic carbocycles. The van der Waals surface area contributed by atoms with Crippen molar-refractivity contribution in [3.63, 3.8) is 0 Å². The molecule has 7 nitrogen and oxygen atoms in total. The smallest absolute Gasteiger partial charge is 0.479 e. The lowest BCUT2D eigenvalue weighted by Crippen LogP contribution is -2.18. The van der Waals surface area contributed by atoms with E-state index in [1.807, 2.05) is 0 Å². The molecule has 10 heteroatoms. The molecule has 0 radical (unpaired) electrons. The molecule has 0 atom stereocenters. The van der Waals surface area contributed by atoms with E-state index < -0.39 is 18.0 Å². The van der Waals surface area contributed by atoms with Crippen molar-refractivity contribution in [2.75, 3.05) is 19.5 Å². The fourth-order valence-electron chi connectivity index (χ4n) is 1.72. The molecule has 0 aliphatic heterocycles. The zero-order chi connectivity index (χ0) is 17.7. The maximum atomic E-state index is 12.2. The van der Waals surface area contributed by atoms with Crippen molar-refractivity contribution in [3.8, 4) is 17.6 Å². The molecule has 1 N–H and O–H groups in total. The standard InChI is InChI=1S/C14H12F3N3O4/c1-22-12-10(7-18-13(20-12)23-2)19-11(21)8-4-3-5-9(6-8)24-14(15,16)17/h3-7H,1-2H3,(H,19,21). The predicted molar refractivity (Wildman–Crippen MR) is 76.2 cm³/mol. The van der Waals surface area contributed by atoms with Crippen LogP contribution < -0.4 is 19.5 Å². The molecule has 0 saturated heterocycles. The Labute approximate surface area is 134 Å². The molecule has 1 aromatic carbocycles. The van der Waals surface area contributed by atoms with Gasteiger partial charge >= 0.3 is 12.4 Å². The Morgan fingerprint density at radius 1 is 1.21 bits per heavy atom. The third kappa shape index (κ3) is 4.48. The highest BCUT2D eigenvalue weighted by Crippen LogP contribution is 2.25. The molecule has 2 rings (SSSR count). The third-order valence-electron chi connectivity index (χ3n) is 2.69. The third-order valence-corrected chi connectivity index (χ3v) is 2.69. The molecule has 0 saturated carbocycles. The molecule has 1 amide bonds. The molecule has 0 bridgehead atoms. The highest BCUT2D eigenvalue weighted by atomic mass is 19.4. The Morgan fingerprint density at radius 3 is 2.58 bits per heavy atom. The van der Waals surface area contributed by atoms with Crippen LogP contribution in [0.4, 0.5) is 18.9 Å². The minimum atomic E-state index is -4.85. The number of ether oxygens (including phenoxy) is 3. The molecule has 0 fully saturated rings. The van der Waals surface area contributed by atoms with Crippen molar-refractivity contribution in [2.24, 2.45) is 0 Å². The van der Waals surface area contributed by atoms with Gasteiger partial charge in [0.25, 0.3) is 5.91 Å². The van der Waals surface area contributed by atoms with Gasteiger partial charge in [0.1, 0.15) is 11.4 Å². The number of alkyl halides is 3. The van der Waals surface area contributed by atoms with E-state index in [2.05, 4.69) is 20.0 Å². The summed E-state index contributed by atoms with van der Waals surface area (Å²) < 4.78 is 50.3. The van der Waals surface area contributed by atoms with Crippen LogP contribution in [0.5, 0.6) is 17.6 Å². The zero-order valence-corrected chi connectivity index (χ0v) is 12.5. The zero-order valence-electron chi connectivity index (χ0n) is 12.5. The van der Waals surface area contributed by atoms with Crippen molar-refractivity contribution < 1.29 is 32.2 Å². The summed E-state index contributed by atoms with van der Waals surface area (Å²) in [4.78, 5) is 19.9. The number of halogens is 3. The molecular formula is C14H12F3N3O4. The Hall–Kier alpha value is -3.04. The van der Waals surface area contributed by atoms with Gasteiger partial charge in [-0.25, -0.2) is 4.98 Å². The van der Waals surface area contributed by atoms with Crippen molar-refractivity contribution >= 4 is 11.6 Å². The molecule has 128 valence electrons. The van der Waals surface area contributed by atoms with Crippen LogP contribution in [0.1, 0.15) is 10.4 Å². The van der Waals surface area contributed by atoms with Gasteiger partial charge in [0.05, 0.1) is 20.4 Å². The quantitative estimate of drug-likeness (QED) is 0.899. The van der Waals surface area contributed by atoms with Crippen LogP contribution in [0.3, 0.4) is 0 Å². The number of hydrogen-bond acceptors (Lipinski definition) is 6. The van der Waals surface area contributed by atoms with Crippen LogP contribution in [0.2, 0.25) is 0 Å². The summed E-state index contributed by atoms with van der Waals surface area (Å²) >= 11 is 0. The summed E-state index contributed by atoms with van der Waals surface area (Å²) in [5.41, 5.74) is 0.0834. The topological polar surface area (TPSA) is 82.6 Å². The summed E-state index contributed by atoms with van der Waals surface area (Å²) in [6.07, 6.45) is -3.60. The van der Waals surface area contributed by atoms with Crippen molar-refractivity contribution in [1.82, 2.24) is 9.97 Å². The summed E-state index contributed by atoms with van der Waals surface area (Å²) in [6.45, 7) is 0. The molecule has 1 aromatic heterocycles. The van der Waals surface area contributed by atoms with Gasteiger partial charge in [-0.2, -0.15) is 4.98 Å². The van der Waals surface area contributed by atoms with Crippen LogP contribution in [-0.2, 0) is 0 Å². The average Bonchev–Trinajstić information content (AvgIpc) is 2.53. The number of nitrogens with one attached hydrogen (secondary N) is 1. The largest absolute Gasteiger partial charge is 0.573 e. The Bertz CT molecular complexity index is 737. The number of nitrogens with zero attached hydrogens (tertiary/aromatic N) is 2. The summed E-state index contributed by atoms with van der Waals surface area (Å²) in [5, 5.41) is 2.44. The van der Waals surface area contributed by atoms with E-state index >= 15 is 0 Å². The summed E-state index contributed by atoms with van der Waals surface area (Å²) in [5.74, 6) is -1.15. The Morgan fingerprint density at radius 2 is 1.96 bits per heavy atom. The SMILES string of the molecule is COc1ncc(NC(=O)c2cccc(OC(F)(F)F)c2)c(OC)n1. The highest BCUT2D eigenvalue weighted by Gasteiger charge is 2.31. The van der Waals surface area contributed by atoms with Gasteiger partial charge in [0.2, 0.25) is 5.88 Å². The van der Waals surface area contributed by atoms with Crippen LogP contribution in [-0.4, -0.2) is 36.5 Å². The van der Waals surface area contributed by atoms with E-state index in [4.69, 9.17) is 9.47 Å². The lowest BCUT2D eigenvalue weighted by Gasteiger charge is -2.11. The minimum Gasteiger partial charge on any atom is -0.479 e. The van der Waals surface area contributed by atoms with Crippen LogP contribution in [0.25, 0.3) is 0 Å². The van der Waals surface area contributed by atoms with Crippen LogP contribution in [0, 0.1) is 0 Å². The summed E-state index contributed by atoms with van der Waals surface area (Å²) in [7, 11) is 2.69. The molecular weight excluding hydrogens is 331 g/mol. The lowest BCUT2D eigenvalue weighted by molar-refractivity contribution is -0.274. The van der Waals surface area contributed by atoms with Gasteiger partial charge in [0, 0.05) is 5.56 Å². The molecule has 0 unspecified atom stereocenters. The first-order valence-corrected chi connectivity index (χ1v) is 6.44. The predicted octanol–water partition coefficient (Wildman–Crippen LogP) is 2.64. The number of methoxy groups -OCH3 is 2. The van der Waals surface area contributed by atoms with Gasteiger partial charge in [0.15, 0.2) is 0 Å². The molecule has 2 aromatic rings. The Kier molecular flexibility index (Phi) is 5.07. The van der Waals surface area contributed by atoms with Gasteiger partial charge < -0.3 is 19.5 Å². The normalized spacial score (nSPS) is 10.9. The second-order valence-corrected chi connectivity index (χ2v) is 4.31. The highest BCUT2D eigenvalue weighted by molar-refractivity contribution is 6.05. The number of carbonyl (C=O) groups is 1. The Balaban J connectivity index is 2.20.